The molecule has 172 valence electrons. The van der Waals surface area contributed by atoms with Crippen LogP contribution in [0.5, 0.6) is 0 Å². The second-order valence-electron chi connectivity index (χ2n) is 8.75. The minimum atomic E-state index is -0.112. The van der Waals surface area contributed by atoms with E-state index in [0.29, 0.717) is 60.8 Å². The molecule has 3 aromatic rings. The van der Waals surface area contributed by atoms with Gasteiger partial charge < -0.3 is 14.2 Å². The van der Waals surface area contributed by atoms with Crippen molar-refractivity contribution in [2.75, 3.05) is 26.2 Å². The summed E-state index contributed by atoms with van der Waals surface area (Å²) in [6.07, 6.45) is 8.91. The van der Waals surface area contributed by atoms with E-state index in [0.717, 1.165) is 10.9 Å². The Balaban J connectivity index is 1.28. The molecular formula is C25H28N4O3S. The molecule has 7 nitrogen and oxygen atoms in total. The Kier molecular flexibility index (Phi) is 6.62. The van der Waals surface area contributed by atoms with Gasteiger partial charge in [-0.1, -0.05) is 42.8 Å². The quantitative estimate of drug-likeness (QED) is 0.398. The predicted molar refractivity (Wildman–Crippen MR) is 127 cm³/mol. The maximum Gasteiger partial charge on any atom is 0.290 e. The molecule has 0 radical (unpaired) electrons. The number of amides is 2. The molecule has 2 aromatic heterocycles. The Labute approximate surface area is 197 Å². The molecule has 1 aliphatic heterocycles. The minimum Gasteiger partial charge on any atom is -0.451 e. The number of hydrogen-bond donors (Lipinski definition) is 0. The first kappa shape index (κ1) is 21.9. The normalized spacial score (nSPS) is 17.1. The van der Waals surface area contributed by atoms with Crippen LogP contribution in [-0.2, 0) is 10.5 Å². The number of nitrogens with zero attached hydrogens (tertiary/aromatic N) is 4. The third kappa shape index (κ3) is 4.90. The molecule has 0 atom stereocenters. The molecule has 1 aromatic carbocycles. The van der Waals surface area contributed by atoms with Crippen LogP contribution in [0.4, 0.5) is 0 Å². The maximum atomic E-state index is 13.4. The molecule has 0 bridgehead atoms. The van der Waals surface area contributed by atoms with E-state index in [2.05, 4.69) is 9.97 Å². The van der Waals surface area contributed by atoms with Gasteiger partial charge >= 0.3 is 0 Å². The van der Waals surface area contributed by atoms with E-state index in [1.54, 1.807) is 18.5 Å². The Morgan fingerprint density at radius 3 is 2.42 bits per heavy atom. The van der Waals surface area contributed by atoms with Gasteiger partial charge in [0, 0.05) is 61.7 Å². The highest BCUT2D eigenvalue weighted by Crippen LogP contribution is 2.32. The van der Waals surface area contributed by atoms with Crippen LogP contribution in [0, 0.1) is 5.92 Å². The zero-order valence-electron chi connectivity index (χ0n) is 18.6. The van der Waals surface area contributed by atoms with E-state index in [-0.39, 0.29) is 11.8 Å². The molecule has 3 heterocycles. The number of furan rings is 1. The summed E-state index contributed by atoms with van der Waals surface area (Å²) in [6.45, 7) is 2.22. The molecule has 1 aliphatic carbocycles. The number of rotatable bonds is 6. The van der Waals surface area contributed by atoms with Crippen LogP contribution >= 0.6 is 11.8 Å². The van der Waals surface area contributed by atoms with Crippen molar-refractivity contribution in [3.8, 4) is 0 Å². The Morgan fingerprint density at radius 1 is 0.970 bits per heavy atom. The lowest BCUT2D eigenvalue weighted by atomic mass is 10.0. The first-order chi connectivity index (χ1) is 16.2. The molecule has 1 saturated carbocycles. The number of fused-ring (bicyclic) bond motifs is 1. The van der Waals surface area contributed by atoms with Crippen molar-refractivity contribution in [2.45, 2.75) is 43.0 Å². The number of para-hydroxylation sites is 1. The van der Waals surface area contributed by atoms with Crippen LogP contribution in [0.25, 0.3) is 11.0 Å². The van der Waals surface area contributed by atoms with E-state index < -0.39 is 0 Å². The second-order valence-corrected chi connectivity index (χ2v) is 9.70. The molecule has 0 N–H and O–H groups in total. The summed E-state index contributed by atoms with van der Waals surface area (Å²) in [5.74, 6) is 1.59. The lowest BCUT2D eigenvalue weighted by Gasteiger charge is -2.35. The molecule has 0 spiro atoms. The molecule has 2 aliphatic rings. The van der Waals surface area contributed by atoms with Gasteiger partial charge in [0.05, 0.1) is 0 Å². The minimum absolute atomic E-state index is 0.112. The fourth-order valence-electron chi connectivity index (χ4n) is 4.80. The van der Waals surface area contributed by atoms with Crippen LogP contribution in [0.3, 0.4) is 0 Å². The summed E-state index contributed by atoms with van der Waals surface area (Å²) >= 11 is 1.48. The van der Waals surface area contributed by atoms with Gasteiger partial charge in [-0.2, -0.15) is 0 Å². The van der Waals surface area contributed by atoms with E-state index in [9.17, 15) is 9.59 Å². The third-order valence-electron chi connectivity index (χ3n) is 6.64. The van der Waals surface area contributed by atoms with Crippen molar-refractivity contribution in [1.29, 1.82) is 0 Å². The number of aromatic nitrogens is 2. The first-order valence-corrected chi connectivity index (χ1v) is 12.6. The predicted octanol–water partition coefficient (Wildman–Crippen LogP) is 4.38. The van der Waals surface area contributed by atoms with Crippen molar-refractivity contribution in [3.63, 3.8) is 0 Å². The van der Waals surface area contributed by atoms with Crippen LogP contribution in [0.1, 0.15) is 48.2 Å². The first-order valence-electron chi connectivity index (χ1n) is 11.7. The van der Waals surface area contributed by atoms with Crippen molar-refractivity contribution in [3.05, 3.63) is 54.0 Å². The highest BCUT2D eigenvalue weighted by atomic mass is 32.2. The number of benzene rings is 1. The van der Waals surface area contributed by atoms with E-state index in [1.165, 1.54) is 37.4 Å². The molecule has 2 amide bonds. The topological polar surface area (TPSA) is 79.5 Å². The van der Waals surface area contributed by atoms with Crippen molar-refractivity contribution in [1.82, 2.24) is 19.8 Å². The molecule has 8 heteroatoms. The van der Waals surface area contributed by atoms with Gasteiger partial charge in [0.2, 0.25) is 5.91 Å². The molecule has 5 rings (SSSR count). The zero-order valence-corrected chi connectivity index (χ0v) is 19.4. The van der Waals surface area contributed by atoms with Crippen molar-refractivity contribution >= 4 is 34.5 Å². The average molecular weight is 465 g/mol. The van der Waals surface area contributed by atoms with E-state index >= 15 is 0 Å². The standard InChI is InChI=1S/C25H28N4O3S/c30-22(16-18-6-1-2-7-18)28-12-14-29(15-13-28)24(31)23-20(17-33-25-26-10-5-11-27-25)19-8-3-4-9-21(19)32-23/h3-5,8-11,18H,1-2,6-7,12-17H2. The summed E-state index contributed by atoms with van der Waals surface area (Å²) < 4.78 is 6.04. The SMILES string of the molecule is O=C(CC1CCCC1)N1CCN(C(=O)c2oc3ccccc3c2CSc2ncccn2)CC1. The Hall–Kier alpha value is -2.87. The fourth-order valence-corrected chi connectivity index (χ4v) is 5.64. The smallest absolute Gasteiger partial charge is 0.290 e. The molecule has 2 fully saturated rings. The van der Waals surface area contributed by atoms with Crippen LogP contribution in [-0.4, -0.2) is 57.8 Å². The van der Waals surface area contributed by atoms with Crippen LogP contribution in [0.2, 0.25) is 0 Å². The largest absolute Gasteiger partial charge is 0.451 e. The van der Waals surface area contributed by atoms with E-state index in [4.69, 9.17) is 4.42 Å². The van der Waals surface area contributed by atoms with Gasteiger partial charge in [-0.15, -0.1) is 0 Å². The number of hydrogen-bond acceptors (Lipinski definition) is 6. The lowest BCUT2D eigenvalue weighted by Crippen LogP contribution is -2.50. The maximum absolute atomic E-state index is 13.4. The highest BCUT2D eigenvalue weighted by molar-refractivity contribution is 7.98. The Bertz CT molecular complexity index is 1120. The summed E-state index contributed by atoms with van der Waals surface area (Å²) in [5, 5.41) is 1.60. The number of carbonyl (C=O) groups excluding carboxylic acids is 2. The van der Waals surface area contributed by atoms with Crippen molar-refractivity contribution in [2.24, 2.45) is 5.92 Å². The fraction of sp³-hybridized carbons (Fsp3) is 0.440. The van der Waals surface area contributed by atoms with Crippen LogP contribution in [0.15, 0.2) is 52.3 Å². The summed E-state index contributed by atoms with van der Waals surface area (Å²) in [7, 11) is 0. The highest BCUT2D eigenvalue weighted by Gasteiger charge is 2.30. The van der Waals surface area contributed by atoms with Gasteiger partial charge in [0.25, 0.3) is 5.91 Å². The number of carbonyl (C=O) groups is 2. The van der Waals surface area contributed by atoms with Gasteiger partial charge in [0.1, 0.15) is 5.58 Å². The van der Waals surface area contributed by atoms with Gasteiger partial charge in [-0.25, -0.2) is 9.97 Å². The monoisotopic (exact) mass is 464 g/mol. The van der Waals surface area contributed by atoms with Crippen molar-refractivity contribution < 1.29 is 14.0 Å². The zero-order chi connectivity index (χ0) is 22.6. The van der Waals surface area contributed by atoms with Gasteiger partial charge in [0.15, 0.2) is 10.9 Å². The molecule has 0 unspecified atom stereocenters. The third-order valence-corrected chi connectivity index (χ3v) is 7.54. The van der Waals surface area contributed by atoms with Crippen LogP contribution < -0.4 is 0 Å². The van der Waals surface area contributed by atoms with Gasteiger partial charge in [-0.3, -0.25) is 9.59 Å². The average Bonchev–Trinajstić information content (AvgIpc) is 3.51. The number of piperazine rings is 1. The second kappa shape index (κ2) is 9.95. The van der Waals surface area contributed by atoms with Gasteiger partial charge in [-0.05, 0) is 30.9 Å². The Morgan fingerprint density at radius 2 is 1.67 bits per heavy atom. The summed E-state index contributed by atoms with van der Waals surface area (Å²) in [4.78, 5) is 38.4. The number of thioether (sulfide) groups is 1. The lowest BCUT2D eigenvalue weighted by molar-refractivity contribution is -0.133. The molecule has 1 saturated heterocycles. The summed E-state index contributed by atoms with van der Waals surface area (Å²) in [6, 6.07) is 9.51. The van der Waals surface area contributed by atoms with E-state index in [1.807, 2.05) is 34.1 Å². The molecule has 33 heavy (non-hydrogen) atoms. The summed E-state index contributed by atoms with van der Waals surface area (Å²) in [5.41, 5.74) is 1.57. The molecular weight excluding hydrogens is 436 g/mol.